The Bertz CT molecular complexity index is 271. The van der Waals surface area contributed by atoms with E-state index in [1.807, 2.05) is 6.92 Å². The highest BCUT2D eigenvalue weighted by Crippen LogP contribution is 2.07. The molecule has 1 N–H and O–H groups in total. The molecule has 0 aliphatic carbocycles. The highest BCUT2D eigenvalue weighted by atomic mass is 35.5. The SMILES string of the molecule is CCN(CC)CCCN1C(=O)C(C)NC1=S.Cl. The van der Waals surface area contributed by atoms with Gasteiger partial charge >= 0.3 is 0 Å². The lowest BCUT2D eigenvalue weighted by Gasteiger charge is -2.20. The number of rotatable bonds is 6. The summed E-state index contributed by atoms with van der Waals surface area (Å²) in [6, 6.07) is -0.152. The van der Waals surface area contributed by atoms with Gasteiger partial charge in [0.2, 0.25) is 0 Å². The van der Waals surface area contributed by atoms with Gasteiger partial charge < -0.3 is 10.2 Å². The fourth-order valence-corrected chi connectivity index (χ4v) is 2.22. The van der Waals surface area contributed by atoms with E-state index in [1.54, 1.807) is 4.90 Å². The minimum absolute atomic E-state index is 0. The van der Waals surface area contributed by atoms with E-state index in [-0.39, 0.29) is 24.4 Å². The Hall–Kier alpha value is -0.390. The molecule has 100 valence electrons. The predicted molar refractivity (Wildman–Crippen MR) is 76.6 cm³/mol. The number of amides is 1. The van der Waals surface area contributed by atoms with Gasteiger partial charge in [-0.3, -0.25) is 9.69 Å². The second-order valence-electron chi connectivity index (χ2n) is 4.04. The summed E-state index contributed by atoms with van der Waals surface area (Å²) in [6.45, 7) is 10.0. The van der Waals surface area contributed by atoms with Crippen LogP contribution in [-0.2, 0) is 4.79 Å². The van der Waals surface area contributed by atoms with Crippen molar-refractivity contribution in [2.45, 2.75) is 33.2 Å². The first-order valence-corrected chi connectivity index (χ1v) is 6.35. The molecule has 0 aromatic rings. The van der Waals surface area contributed by atoms with Crippen LogP contribution in [-0.4, -0.2) is 53.0 Å². The third kappa shape index (κ3) is 4.41. The van der Waals surface area contributed by atoms with Crippen LogP contribution in [0.2, 0.25) is 0 Å². The summed E-state index contributed by atoms with van der Waals surface area (Å²) in [5.74, 6) is 0.101. The monoisotopic (exact) mass is 279 g/mol. The number of carbonyl (C=O) groups excluding carboxylic acids is 1. The Balaban J connectivity index is 0.00000256. The maximum Gasteiger partial charge on any atom is 0.250 e. The topological polar surface area (TPSA) is 35.6 Å². The van der Waals surface area contributed by atoms with E-state index in [4.69, 9.17) is 12.2 Å². The Morgan fingerprint density at radius 3 is 2.41 bits per heavy atom. The summed E-state index contributed by atoms with van der Waals surface area (Å²) < 4.78 is 0. The predicted octanol–water partition coefficient (Wildman–Crippen LogP) is 1.25. The average molecular weight is 280 g/mol. The third-order valence-electron chi connectivity index (χ3n) is 2.97. The van der Waals surface area contributed by atoms with E-state index >= 15 is 0 Å². The van der Waals surface area contributed by atoms with Crippen LogP contribution in [0.25, 0.3) is 0 Å². The molecule has 1 atom stereocenters. The summed E-state index contributed by atoms with van der Waals surface area (Å²) in [5, 5.41) is 3.56. The molecule has 1 aliphatic rings. The molecule has 0 aromatic heterocycles. The summed E-state index contributed by atoms with van der Waals surface area (Å²) in [5.41, 5.74) is 0. The minimum atomic E-state index is -0.152. The second kappa shape index (κ2) is 7.84. The van der Waals surface area contributed by atoms with Gasteiger partial charge in [-0.1, -0.05) is 13.8 Å². The molecule has 0 saturated carbocycles. The van der Waals surface area contributed by atoms with Crippen LogP contribution >= 0.6 is 24.6 Å². The van der Waals surface area contributed by atoms with E-state index in [0.29, 0.717) is 5.11 Å². The Morgan fingerprint density at radius 1 is 1.41 bits per heavy atom. The lowest BCUT2D eigenvalue weighted by atomic mass is 10.3. The zero-order valence-electron chi connectivity index (χ0n) is 10.7. The molecule has 1 fully saturated rings. The Morgan fingerprint density at radius 2 is 2.00 bits per heavy atom. The number of halogens is 1. The lowest BCUT2D eigenvalue weighted by Crippen LogP contribution is -2.34. The number of thiocarbonyl (C=S) groups is 1. The van der Waals surface area contributed by atoms with Gasteiger partial charge in [-0.05, 0) is 45.2 Å². The molecule has 1 saturated heterocycles. The van der Waals surface area contributed by atoms with Gasteiger partial charge in [0, 0.05) is 6.54 Å². The van der Waals surface area contributed by atoms with Crippen molar-refractivity contribution >= 4 is 35.6 Å². The van der Waals surface area contributed by atoms with E-state index in [1.165, 1.54) is 0 Å². The molecule has 1 heterocycles. The maximum atomic E-state index is 11.7. The minimum Gasteiger partial charge on any atom is -0.351 e. The number of hydrogen-bond acceptors (Lipinski definition) is 3. The van der Waals surface area contributed by atoms with Crippen LogP contribution in [0.5, 0.6) is 0 Å². The molecular formula is C11H22ClN3OS. The van der Waals surface area contributed by atoms with Crippen molar-refractivity contribution in [1.29, 1.82) is 0 Å². The fraction of sp³-hybridized carbons (Fsp3) is 0.818. The zero-order chi connectivity index (χ0) is 12.1. The number of nitrogens with zero attached hydrogens (tertiary/aromatic N) is 2. The van der Waals surface area contributed by atoms with Crippen molar-refractivity contribution in [3.05, 3.63) is 0 Å². The number of carbonyl (C=O) groups is 1. The van der Waals surface area contributed by atoms with E-state index in [0.717, 1.165) is 32.6 Å². The molecule has 6 heteroatoms. The first kappa shape index (κ1) is 16.6. The van der Waals surface area contributed by atoms with Crippen molar-refractivity contribution in [3.63, 3.8) is 0 Å². The number of nitrogens with one attached hydrogen (secondary N) is 1. The highest BCUT2D eigenvalue weighted by Gasteiger charge is 2.31. The fourth-order valence-electron chi connectivity index (χ4n) is 1.86. The molecule has 0 spiro atoms. The summed E-state index contributed by atoms with van der Waals surface area (Å²) in [7, 11) is 0. The zero-order valence-corrected chi connectivity index (χ0v) is 12.4. The summed E-state index contributed by atoms with van der Waals surface area (Å²) in [4.78, 5) is 15.7. The van der Waals surface area contributed by atoms with Gasteiger partial charge in [-0.15, -0.1) is 12.4 Å². The van der Waals surface area contributed by atoms with E-state index in [2.05, 4.69) is 24.1 Å². The normalized spacial score (nSPS) is 19.5. The van der Waals surface area contributed by atoms with Gasteiger partial charge in [-0.25, -0.2) is 0 Å². The van der Waals surface area contributed by atoms with Gasteiger partial charge in [0.1, 0.15) is 6.04 Å². The molecule has 17 heavy (non-hydrogen) atoms. The maximum absolute atomic E-state index is 11.7. The Labute approximate surface area is 115 Å². The third-order valence-corrected chi connectivity index (χ3v) is 3.31. The van der Waals surface area contributed by atoms with Gasteiger partial charge in [0.15, 0.2) is 5.11 Å². The average Bonchev–Trinajstić information content (AvgIpc) is 2.50. The van der Waals surface area contributed by atoms with Gasteiger partial charge in [-0.2, -0.15) is 0 Å². The van der Waals surface area contributed by atoms with Crippen LogP contribution in [0.15, 0.2) is 0 Å². The van der Waals surface area contributed by atoms with Crippen LogP contribution in [0.4, 0.5) is 0 Å². The molecule has 4 nitrogen and oxygen atoms in total. The van der Waals surface area contributed by atoms with Crippen molar-refractivity contribution < 1.29 is 4.79 Å². The van der Waals surface area contributed by atoms with Crippen LogP contribution in [0.3, 0.4) is 0 Å². The van der Waals surface area contributed by atoms with Gasteiger partial charge in [0.05, 0.1) is 0 Å². The van der Waals surface area contributed by atoms with Crippen molar-refractivity contribution in [1.82, 2.24) is 15.1 Å². The quantitative estimate of drug-likeness (QED) is 0.743. The molecule has 0 aromatic carbocycles. The molecular weight excluding hydrogens is 258 g/mol. The lowest BCUT2D eigenvalue weighted by molar-refractivity contribution is -0.126. The van der Waals surface area contributed by atoms with Crippen LogP contribution in [0, 0.1) is 0 Å². The Kier molecular flexibility index (Phi) is 7.66. The second-order valence-corrected chi connectivity index (χ2v) is 4.43. The standard InChI is InChI=1S/C11H21N3OS.ClH/c1-4-13(5-2)7-6-8-14-10(15)9(3)12-11(14)16;/h9H,4-8H2,1-3H3,(H,12,16);1H. The molecule has 0 radical (unpaired) electrons. The number of hydrogen-bond donors (Lipinski definition) is 1. The highest BCUT2D eigenvalue weighted by molar-refractivity contribution is 7.80. The van der Waals surface area contributed by atoms with Gasteiger partial charge in [0.25, 0.3) is 5.91 Å². The smallest absolute Gasteiger partial charge is 0.250 e. The largest absolute Gasteiger partial charge is 0.351 e. The molecule has 1 amide bonds. The first-order chi connectivity index (χ1) is 7.60. The van der Waals surface area contributed by atoms with Crippen molar-refractivity contribution in [2.24, 2.45) is 0 Å². The van der Waals surface area contributed by atoms with Crippen LogP contribution < -0.4 is 5.32 Å². The van der Waals surface area contributed by atoms with Crippen molar-refractivity contribution in [3.8, 4) is 0 Å². The first-order valence-electron chi connectivity index (χ1n) is 5.94. The van der Waals surface area contributed by atoms with Crippen LogP contribution in [0.1, 0.15) is 27.2 Å². The molecule has 1 rings (SSSR count). The summed E-state index contributed by atoms with van der Waals surface area (Å²) >= 11 is 5.11. The molecule has 1 aliphatic heterocycles. The van der Waals surface area contributed by atoms with Crippen molar-refractivity contribution in [2.75, 3.05) is 26.2 Å². The molecule has 1 unspecified atom stereocenters. The van der Waals surface area contributed by atoms with E-state index in [9.17, 15) is 4.79 Å². The van der Waals surface area contributed by atoms with E-state index < -0.39 is 0 Å². The summed E-state index contributed by atoms with van der Waals surface area (Å²) in [6.07, 6.45) is 0.974. The molecule has 0 bridgehead atoms.